The van der Waals surface area contributed by atoms with Gasteiger partial charge in [-0.15, -0.1) is 0 Å². The summed E-state index contributed by atoms with van der Waals surface area (Å²) < 4.78 is 5.04. The van der Waals surface area contributed by atoms with Crippen molar-refractivity contribution in [2.45, 2.75) is 6.92 Å². The van der Waals surface area contributed by atoms with Crippen molar-refractivity contribution in [3.8, 4) is 0 Å². The molecule has 0 saturated carbocycles. The maximum absolute atomic E-state index is 11.7. The summed E-state index contributed by atoms with van der Waals surface area (Å²) in [7, 11) is 0. The zero-order valence-electron chi connectivity index (χ0n) is 10.8. The Labute approximate surface area is 112 Å². The molecular weight excluding hydrogens is 238 g/mol. The van der Waals surface area contributed by atoms with Crippen LogP contribution in [0.25, 0.3) is 11.8 Å². The number of ether oxygens (including phenoxy) is 1. The second kappa shape index (κ2) is 4.76. The summed E-state index contributed by atoms with van der Waals surface area (Å²) in [4.78, 5) is 13.8. The largest absolute Gasteiger partial charge is 0.463 e. The van der Waals surface area contributed by atoms with Gasteiger partial charge >= 0.3 is 5.97 Å². The van der Waals surface area contributed by atoms with E-state index in [1.165, 1.54) is 11.1 Å². The van der Waals surface area contributed by atoms with Crippen molar-refractivity contribution in [1.29, 1.82) is 0 Å². The quantitative estimate of drug-likeness (QED) is 0.759. The van der Waals surface area contributed by atoms with Gasteiger partial charge in [-0.2, -0.15) is 0 Å². The summed E-state index contributed by atoms with van der Waals surface area (Å²) in [6.45, 7) is 2.79. The Kier molecular flexibility index (Phi) is 2.95. The number of benzene rings is 1. The molecule has 1 aromatic carbocycles. The van der Waals surface area contributed by atoms with Crippen molar-refractivity contribution in [2.24, 2.45) is 0 Å². The minimum atomic E-state index is -0.231. The zero-order valence-corrected chi connectivity index (χ0v) is 10.8. The van der Waals surface area contributed by atoms with Gasteiger partial charge in [-0.25, -0.2) is 4.79 Å². The number of rotatable bonds is 2. The highest BCUT2D eigenvalue weighted by molar-refractivity contribution is 5.92. The lowest BCUT2D eigenvalue weighted by Gasteiger charge is -2.31. The molecular formula is C16H15NO2. The molecule has 0 radical (unpaired) electrons. The number of esters is 1. The number of nitrogens with zero attached hydrogens (tertiary/aromatic N) is 1. The number of carbonyl (C=O) groups excluding carboxylic acids is 1. The highest BCUT2D eigenvalue weighted by Crippen LogP contribution is 2.32. The fourth-order valence-corrected chi connectivity index (χ4v) is 2.38. The molecule has 3 heteroatoms. The number of hydrogen-bond donors (Lipinski definition) is 0. The van der Waals surface area contributed by atoms with E-state index in [1.807, 2.05) is 37.4 Å². The molecule has 2 aliphatic heterocycles. The summed E-state index contributed by atoms with van der Waals surface area (Å²) >= 11 is 0. The lowest BCUT2D eigenvalue weighted by atomic mass is 9.97. The van der Waals surface area contributed by atoms with Crippen LogP contribution < -0.4 is 0 Å². The molecule has 2 heterocycles. The zero-order chi connectivity index (χ0) is 13.2. The molecule has 3 rings (SSSR count). The first-order valence-corrected chi connectivity index (χ1v) is 6.42. The van der Waals surface area contributed by atoms with Crippen LogP contribution in [0.5, 0.6) is 0 Å². The van der Waals surface area contributed by atoms with E-state index < -0.39 is 0 Å². The molecule has 3 nitrogen and oxygen atoms in total. The van der Waals surface area contributed by atoms with Gasteiger partial charge in [0.15, 0.2) is 0 Å². The highest BCUT2D eigenvalue weighted by atomic mass is 16.5. The summed E-state index contributed by atoms with van der Waals surface area (Å²) in [5.41, 5.74) is 4.22. The van der Waals surface area contributed by atoms with E-state index in [0.717, 1.165) is 5.70 Å². The Morgan fingerprint density at radius 2 is 2.16 bits per heavy atom. The fraction of sp³-hybridized carbons (Fsp3) is 0.188. The Bertz CT molecular complexity index is 611. The van der Waals surface area contributed by atoms with Gasteiger partial charge < -0.3 is 9.64 Å². The van der Waals surface area contributed by atoms with Crippen molar-refractivity contribution >= 4 is 17.7 Å². The maximum Gasteiger partial charge on any atom is 0.335 e. The summed E-state index contributed by atoms with van der Waals surface area (Å²) in [5.74, 6) is -0.231. The van der Waals surface area contributed by atoms with E-state index in [2.05, 4.69) is 23.1 Å². The van der Waals surface area contributed by atoms with Crippen molar-refractivity contribution in [2.75, 3.05) is 13.2 Å². The van der Waals surface area contributed by atoms with Crippen LogP contribution in [-0.2, 0) is 9.53 Å². The standard InChI is InChI=1S/C16H15NO2/c1-2-19-16(18)13-7-8-15-14-6-4-3-5-12(14)9-10-17(15)11-13/h3-10H,2,11H2,1H3. The molecule has 96 valence electrons. The smallest absolute Gasteiger partial charge is 0.335 e. The van der Waals surface area contributed by atoms with Gasteiger partial charge in [0, 0.05) is 17.5 Å². The first-order chi connectivity index (χ1) is 9.29. The maximum atomic E-state index is 11.7. The molecule has 0 aliphatic carbocycles. The molecule has 0 fully saturated rings. The van der Waals surface area contributed by atoms with Crippen LogP contribution in [0.4, 0.5) is 0 Å². The first kappa shape index (κ1) is 11.8. The van der Waals surface area contributed by atoms with E-state index >= 15 is 0 Å². The van der Waals surface area contributed by atoms with Crippen LogP contribution in [0, 0.1) is 0 Å². The Morgan fingerprint density at radius 1 is 1.32 bits per heavy atom. The van der Waals surface area contributed by atoms with E-state index in [4.69, 9.17) is 4.74 Å². The van der Waals surface area contributed by atoms with Gasteiger partial charge in [0.05, 0.1) is 18.7 Å². The van der Waals surface area contributed by atoms with Crippen molar-refractivity contribution < 1.29 is 9.53 Å². The molecule has 0 N–H and O–H groups in total. The lowest BCUT2D eigenvalue weighted by Crippen LogP contribution is -2.27. The van der Waals surface area contributed by atoms with Crippen molar-refractivity contribution in [1.82, 2.24) is 4.90 Å². The fourth-order valence-electron chi connectivity index (χ4n) is 2.38. The topological polar surface area (TPSA) is 29.5 Å². The van der Waals surface area contributed by atoms with Crippen molar-refractivity contribution in [3.63, 3.8) is 0 Å². The second-order valence-electron chi connectivity index (χ2n) is 4.50. The third kappa shape index (κ3) is 2.08. The highest BCUT2D eigenvalue weighted by Gasteiger charge is 2.23. The van der Waals surface area contributed by atoms with E-state index in [1.54, 1.807) is 0 Å². The van der Waals surface area contributed by atoms with Crippen LogP contribution in [0.1, 0.15) is 18.1 Å². The summed E-state index contributed by atoms with van der Waals surface area (Å²) in [5, 5.41) is 0. The molecule has 0 aromatic heterocycles. The first-order valence-electron chi connectivity index (χ1n) is 6.42. The van der Waals surface area contributed by atoms with Gasteiger partial charge in [-0.1, -0.05) is 24.3 Å². The van der Waals surface area contributed by atoms with Crippen LogP contribution in [-0.4, -0.2) is 24.0 Å². The molecule has 1 aromatic rings. The molecule has 0 bridgehead atoms. The Balaban J connectivity index is 1.96. The number of fused-ring (bicyclic) bond motifs is 3. The minimum absolute atomic E-state index is 0.231. The predicted molar refractivity (Wildman–Crippen MR) is 74.9 cm³/mol. The molecule has 0 spiro atoms. The summed E-state index contributed by atoms with van der Waals surface area (Å²) in [6.07, 6.45) is 7.93. The molecule has 19 heavy (non-hydrogen) atoms. The molecule has 0 saturated heterocycles. The Hall–Kier alpha value is -2.29. The minimum Gasteiger partial charge on any atom is -0.463 e. The molecule has 0 amide bonds. The van der Waals surface area contributed by atoms with Gasteiger partial charge in [0.25, 0.3) is 0 Å². The van der Waals surface area contributed by atoms with Crippen LogP contribution in [0.3, 0.4) is 0 Å². The van der Waals surface area contributed by atoms with E-state index in [-0.39, 0.29) is 5.97 Å². The number of hydrogen-bond acceptors (Lipinski definition) is 3. The number of carbonyl (C=O) groups is 1. The lowest BCUT2D eigenvalue weighted by molar-refractivity contribution is -0.138. The van der Waals surface area contributed by atoms with E-state index in [9.17, 15) is 4.79 Å². The monoisotopic (exact) mass is 253 g/mol. The SMILES string of the molecule is CCOC(=O)C1=CC=C2c3ccccc3C=CN2C1. The predicted octanol–water partition coefficient (Wildman–Crippen LogP) is 2.82. The average molecular weight is 253 g/mol. The van der Waals surface area contributed by atoms with Crippen LogP contribution >= 0.6 is 0 Å². The second-order valence-corrected chi connectivity index (χ2v) is 4.50. The van der Waals surface area contributed by atoms with Gasteiger partial charge in [0.2, 0.25) is 0 Å². The van der Waals surface area contributed by atoms with Gasteiger partial charge in [0.1, 0.15) is 0 Å². The third-order valence-electron chi connectivity index (χ3n) is 3.30. The summed E-state index contributed by atoms with van der Waals surface area (Å²) in [6, 6.07) is 8.25. The van der Waals surface area contributed by atoms with Gasteiger partial charge in [-0.3, -0.25) is 0 Å². The molecule has 0 atom stereocenters. The van der Waals surface area contributed by atoms with Gasteiger partial charge in [-0.05, 0) is 30.7 Å². The average Bonchev–Trinajstić information content (AvgIpc) is 2.46. The number of allylic oxidation sites excluding steroid dienone is 2. The normalized spacial score (nSPS) is 16.2. The van der Waals surface area contributed by atoms with E-state index in [0.29, 0.717) is 18.7 Å². The third-order valence-corrected chi connectivity index (χ3v) is 3.30. The molecule has 2 aliphatic rings. The van der Waals surface area contributed by atoms with Crippen LogP contribution in [0.2, 0.25) is 0 Å². The van der Waals surface area contributed by atoms with Crippen LogP contribution in [0.15, 0.2) is 48.2 Å². The Morgan fingerprint density at radius 3 is 3.00 bits per heavy atom. The van der Waals surface area contributed by atoms with Crippen molar-refractivity contribution in [3.05, 3.63) is 59.3 Å². The molecule has 0 unspecified atom stereocenters.